The van der Waals surface area contributed by atoms with Gasteiger partial charge >= 0.3 is 0 Å². The minimum atomic E-state index is 0.375. The Balaban J connectivity index is 1.55. The second-order valence-electron chi connectivity index (χ2n) is 6.06. The van der Waals surface area contributed by atoms with Gasteiger partial charge in [0.1, 0.15) is 0 Å². The Morgan fingerprint density at radius 1 is 1.24 bits per heavy atom. The van der Waals surface area contributed by atoms with Crippen molar-refractivity contribution in [2.24, 2.45) is 5.92 Å². The van der Waals surface area contributed by atoms with Gasteiger partial charge in [-0.3, -0.25) is 4.90 Å². The summed E-state index contributed by atoms with van der Waals surface area (Å²) in [4.78, 5) is 6.67. The molecule has 0 spiro atoms. The molecule has 4 rings (SSSR count). The molecule has 1 aliphatic heterocycles. The van der Waals surface area contributed by atoms with Crippen LogP contribution in [-0.2, 0) is 6.54 Å². The van der Waals surface area contributed by atoms with E-state index >= 15 is 0 Å². The standard InChI is InChI=1S/C16H20N4O/c1-2-4-13(5-3-1)15-8-17-14(12-6-7-12)9-20(15)10-16-18-11-21-19-16/h1-5,11-12,14-15,17H,6-10H2. The third kappa shape index (κ3) is 2.84. The van der Waals surface area contributed by atoms with E-state index < -0.39 is 0 Å². The molecule has 2 aromatic rings. The van der Waals surface area contributed by atoms with Gasteiger partial charge in [-0.05, 0) is 24.3 Å². The van der Waals surface area contributed by atoms with Gasteiger partial charge in [-0.25, -0.2) is 0 Å². The molecule has 5 heteroatoms. The molecular weight excluding hydrogens is 264 g/mol. The molecule has 1 N–H and O–H groups in total. The number of aromatic nitrogens is 2. The van der Waals surface area contributed by atoms with Crippen LogP contribution in [0.4, 0.5) is 0 Å². The number of benzene rings is 1. The van der Waals surface area contributed by atoms with E-state index in [2.05, 4.69) is 50.7 Å². The lowest BCUT2D eigenvalue weighted by atomic mass is 9.99. The lowest BCUT2D eigenvalue weighted by Crippen LogP contribution is -2.52. The van der Waals surface area contributed by atoms with Gasteiger partial charge in [-0.15, -0.1) is 0 Å². The zero-order valence-electron chi connectivity index (χ0n) is 12.0. The molecule has 1 aromatic heterocycles. The molecule has 0 bridgehead atoms. The van der Waals surface area contributed by atoms with Crippen molar-refractivity contribution in [1.82, 2.24) is 20.4 Å². The first kappa shape index (κ1) is 13.0. The summed E-state index contributed by atoms with van der Waals surface area (Å²) in [7, 11) is 0. The molecule has 0 amide bonds. The Morgan fingerprint density at radius 3 is 2.81 bits per heavy atom. The van der Waals surface area contributed by atoms with Gasteiger partial charge in [0.25, 0.3) is 0 Å². The molecule has 1 saturated carbocycles. The zero-order valence-corrected chi connectivity index (χ0v) is 12.0. The van der Waals surface area contributed by atoms with E-state index in [1.807, 2.05) is 0 Å². The normalized spacial score (nSPS) is 26.9. The van der Waals surface area contributed by atoms with Gasteiger partial charge in [0, 0.05) is 25.2 Å². The average Bonchev–Trinajstić information content (AvgIpc) is 3.26. The molecule has 2 unspecified atom stereocenters. The van der Waals surface area contributed by atoms with E-state index in [0.717, 1.165) is 31.4 Å². The number of nitrogens with zero attached hydrogens (tertiary/aromatic N) is 3. The van der Waals surface area contributed by atoms with Crippen LogP contribution in [0.15, 0.2) is 41.2 Å². The topological polar surface area (TPSA) is 54.2 Å². The van der Waals surface area contributed by atoms with Gasteiger partial charge in [0.05, 0.1) is 6.54 Å². The van der Waals surface area contributed by atoms with E-state index in [-0.39, 0.29) is 0 Å². The third-order valence-electron chi connectivity index (χ3n) is 4.57. The Bertz CT molecular complexity index is 567. The van der Waals surface area contributed by atoms with Crippen LogP contribution < -0.4 is 5.32 Å². The van der Waals surface area contributed by atoms with Gasteiger partial charge in [-0.1, -0.05) is 35.5 Å². The fourth-order valence-corrected chi connectivity index (χ4v) is 3.27. The minimum absolute atomic E-state index is 0.375. The summed E-state index contributed by atoms with van der Waals surface area (Å²) >= 11 is 0. The number of hydrogen-bond donors (Lipinski definition) is 1. The maximum atomic E-state index is 4.88. The fraction of sp³-hybridized carbons (Fsp3) is 0.500. The van der Waals surface area contributed by atoms with E-state index in [0.29, 0.717) is 12.1 Å². The van der Waals surface area contributed by atoms with E-state index in [9.17, 15) is 0 Å². The fourth-order valence-electron chi connectivity index (χ4n) is 3.27. The van der Waals surface area contributed by atoms with Crippen molar-refractivity contribution in [3.8, 4) is 0 Å². The number of nitrogens with one attached hydrogen (secondary N) is 1. The molecule has 1 aromatic carbocycles. The monoisotopic (exact) mass is 284 g/mol. The Morgan fingerprint density at radius 2 is 2.10 bits per heavy atom. The molecule has 0 radical (unpaired) electrons. The van der Waals surface area contributed by atoms with Crippen molar-refractivity contribution in [2.45, 2.75) is 31.5 Å². The van der Waals surface area contributed by atoms with E-state index in [1.54, 1.807) is 0 Å². The Hall–Kier alpha value is -1.72. The predicted octanol–water partition coefficient (Wildman–Crippen LogP) is 1.99. The Kier molecular flexibility index (Phi) is 3.45. The summed E-state index contributed by atoms with van der Waals surface area (Å²) in [5.74, 6) is 1.63. The molecule has 110 valence electrons. The van der Waals surface area contributed by atoms with Gasteiger partial charge in [-0.2, -0.15) is 4.98 Å². The highest BCUT2D eigenvalue weighted by atomic mass is 16.5. The predicted molar refractivity (Wildman–Crippen MR) is 78.4 cm³/mol. The van der Waals surface area contributed by atoms with Crippen LogP contribution in [0.2, 0.25) is 0 Å². The first-order valence-electron chi connectivity index (χ1n) is 7.68. The van der Waals surface area contributed by atoms with Crippen molar-refractivity contribution in [3.63, 3.8) is 0 Å². The number of hydrogen-bond acceptors (Lipinski definition) is 5. The quantitative estimate of drug-likeness (QED) is 0.930. The second kappa shape index (κ2) is 5.58. The molecule has 2 heterocycles. The number of piperazine rings is 1. The van der Waals surface area contributed by atoms with Crippen LogP contribution in [0.5, 0.6) is 0 Å². The number of rotatable bonds is 4. The lowest BCUT2D eigenvalue weighted by Gasteiger charge is -2.40. The van der Waals surface area contributed by atoms with Crippen molar-refractivity contribution < 1.29 is 4.52 Å². The maximum absolute atomic E-state index is 4.88. The van der Waals surface area contributed by atoms with Crippen LogP contribution in [0, 0.1) is 5.92 Å². The van der Waals surface area contributed by atoms with E-state index in [1.165, 1.54) is 24.8 Å². The third-order valence-corrected chi connectivity index (χ3v) is 4.57. The SMILES string of the molecule is c1ccc(C2CNC(C3CC3)CN2Cc2ncon2)cc1. The minimum Gasteiger partial charge on any atom is -0.343 e. The van der Waals surface area contributed by atoms with Gasteiger partial charge in [0.2, 0.25) is 6.39 Å². The average molecular weight is 284 g/mol. The van der Waals surface area contributed by atoms with Crippen LogP contribution >= 0.6 is 0 Å². The highest BCUT2D eigenvalue weighted by Crippen LogP contribution is 2.36. The smallest absolute Gasteiger partial charge is 0.213 e. The Labute approximate surface area is 124 Å². The van der Waals surface area contributed by atoms with Crippen molar-refractivity contribution >= 4 is 0 Å². The summed E-state index contributed by atoms with van der Waals surface area (Å²) in [5, 5.41) is 7.71. The van der Waals surface area contributed by atoms with Gasteiger partial charge in [0.15, 0.2) is 5.82 Å². The van der Waals surface area contributed by atoms with E-state index in [4.69, 9.17) is 4.52 Å². The summed E-state index contributed by atoms with van der Waals surface area (Å²) < 4.78 is 4.88. The van der Waals surface area contributed by atoms with Crippen LogP contribution in [0.3, 0.4) is 0 Å². The molecule has 2 atom stereocenters. The first-order chi connectivity index (χ1) is 10.4. The van der Waals surface area contributed by atoms with Crippen molar-refractivity contribution in [3.05, 3.63) is 48.1 Å². The molecule has 1 aliphatic carbocycles. The molecular formula is C16H20N4O. The highest BCUT2D eigenvalue weighted by molar-refractivity contribution is 5.20. The molecule has 2 fully saturated rings. The molecule has 5 nitrogen and oxygen atoms in total. The largest absolute Gasteiger partial charge is 0.343 e. The lowest BCUT2D eigenvalue weighted by molar-refractivity contribution is 0.111. The molecule has 1 saturated heterocycles. The van der Waals surface area contributed by atoms with Gasteiger partial charge < -0.3 is 9.84 Å². The second-order valence-corrected chi connectivity index (χ2v) is 6.06. The van der Waals surface area contributed by atoms with Crippen LogP contribution in [0.25, 0.3) is 0 Å². The van der Waals surface area contributed by atoms with Crippen LogP contribution in [0.1, 0.15) is 30.3 Å². The molecule has 21 heavy (non-hydrogen) atoms. The highest BCUT2D eigenvalue weighted by Gasteiger charge is 2.37. The summed E-state index contributed by atoms with van der Waals surface area (Å²) in [6.07, 6.45) is 4.14. The summed E-state index contributed by atoms with van der Waals surface area (Å²) in [6, 6.07) is 11.7. The molecule has 2 aliphatic rings. The summed E-state index contributed by atoms with van der Waals surface area (Å²) in [6.45, 7) is 2.79. The van der Waals surface area contributed by atoms with Crippen molar-refractivity contribution in [2.75, 3.05) is 13.1 Å². The maximum Gasteiger partial charge on any atom is 0.213 e. The zero-order chi connectivity index (χ0) is 14.1. The van der Waals surface area contributed by atoms with Crippen molar-refractivity contribution in [1.29, 1.82) is 0 Å². The van der Waals surface area contributed by atoms with Crippen LogP contribution in [-0.4, -0.2) is 34.2 Å². The summed E-state index contributed by atoms with van der Waals surface area (Å²) in [5.41, 5.74) is 1.35. The first-order valence-corrected chi connectivity index (χ1v) is 7.68.